The average Bonchev–Trinajstić information content (AvgIpc) is 2.71. The molecule has 29 heavy (non-hydrogen) atoms. The Labute approximate surface area is 166 Å². The van der Waals surface area contributed by atoms with Crippen LogP contribution in [0.15, 0.2) is 48.5 Å². The Hall–Kier alpha value is -3.75. The predicted molar refractivity (Wildman–Crippen MR) is 103 cm³/mol. The van der Waals surface area contributed by atoms with Gasteiger partial charge in [0, 0.05) is 6.07 Å². The minimum Gasteiger partial charge on any atom is -0.490 e. The minimum atomic E-state index is -0.909. The second-order valence-corrected chi connectivity index (χ2v) is 6.14. The molecule has 0 bridgehead atoms. The van der Waals surface area contributed by atoms with Crippen LogP contribution in [-0.2, 0) is 20.7 Å². The van der Waals surface area contributed by atoms with Gasteiger partial charge < -0.3 is 14.8 Å². The molecule has 152 valence electrons. The number of nitrogens with zero attached hydrogens (tertiary/aromatic N) is 1. The van der Waals surface area contributed by atoms with Crippen molar-refractivity contribution in [1.82, 2.24) is 5.32 Å². The lowest BCUT2D eigenvalue weighted by Gasteiger charge is -2.16. The van der Waals surface area contributed by atoms with Crippen molar-refractivity contribution in [3.05, 3.63) is 69.8 Å². The molecule has 0 spiro atoms. The molecule has 0 aliphatic carbocycles. The number of nitro benzene ring substituents is 1. The molecule has 0 saturated carbocycles. The minimum absolute atomic E-state index is 0.00509. The van der Waals surface area contributed by atoms with Gasteiger partial charge in [-0.1, -0.05) is 30.3 Å². The summed E-state index contributed by atoms with van der Waals surface area (Å²) in [6, 6.07) is 12.0. The van der Waals surface area contributed by atoms with E-state index in [2.05, 4.69) is 5.32 Å². The van der Waals surface area contributed by atoms with Gasteiger partial charge in [0.2, 0.25) is 0 Å². The molecule has 2 rings (SSSR count). The Morgan fingerprint density at radius 1 is 1.14 bits per heavy atom. The number of amides is 1. The van der Waals surface area contributed by atoms with Crippen molar-refractivity contribution >= 4 is 23.3 Å². The first-order valence-corrected chi connectivity index (χ1v) is 8.65. The summed E-state index contributed by atoms with van der Waals surface area (Å²) in [6.45, 7) is 0.730. The monoisotopic (exact) mass is 400 g/mol. The van der Waals surface area contributed by atoms with Crippen LogP contribution in [0.2, 0.25) is 0 Å². The Balaban J connectivity index is 1.97. The summed E-state index contributed by atoms with van der Waals surface area (Å²) in [5.74, 6) is -1.81. The van der Waals surface area contributed by atoms with Crippen molar-refractivity contribution in [1.29, 1.82) is 0 Å². The van der Waals surface area contributed by atoms with Gasteiger partial charge in [-0.25, -0.2) is 4.79 Å². The fourth-order valence-corrected chi connectivity index (χ4v) is 2.56. The highest BCUT2D eigenvalue weighted by Crippen LogP contribution is 2.27. The normalized spacial score (nSPS) is 11.2. The van der Waals surface area contributed by atoms with E-state index in [9.17, 15) is 24.5 Å². The van der Waals surface area contributed by atoms with Crippen LogP contribution in [0.1, 0.15) is 22.8 Å². The van der Waals surface area contributed by atoms with Crippen LogP contribution in [0.4, 0.5) is 5.69 Å². The zero-order valence-corrected chi connectivity index (χ0v) is 15.9. The number of methoxy groups -OCH3 is 1. The Kier molecular flexibility index (Phi) is 7.41. The van der Waals surface area contributed by atoms with Gasteiger partial charge in [0.1, 0.15) is 0 Å². The van der Waals surface area contributed by atoms with Gasteiger partial charge in [-0.3, -0.25) is 19.7 Å². The van der Waals surface area contributed by atoms with Gasteiger partial charge in [0.25, 0.3) is 5.91 Å². The van der Waals surface area contributed by atoms with Crippen molar-refractivity contribution in [2.24, 2.45) is 0 Å². The highest BCUT2D eigenvalue weighted by molar-refractivity contribution is 5.93. The smallest absolute Gasteiger partial charge is 0.338 e. The van der Waals surface area contributed by atoms with E-state index in [-0.39, 0.29) is 17.1 Å². The summed E-state index contributed by atoms with van der Waals surface area (Å²) in [5, 5.41) is 13.6. The van der Waals surface area contributed by atoms with Crippen LogP contribution < -0.4 is 10.1 Å². The summed E-state index contributed by atoms with van der Waals surface area (Å²) < 4.78 is 9.77. The van der Waals surface area contributed by atoms with Crippen LogP contribution in [0.3, 0.4) is 0 Å². The van der Waals surface area contributed by atoms with E-state index in [1.54, 1.807) is 0 Å². The molecule has 1 N–H and O–H groups in total. The van der Waals surface area contributed by atoms with Gasteiger partial charge in [-0.05, 0) is 31.0 Å². The summed E-state index contributed by atoms with van der Waals surface area (Å²) >= 11 is 0. The zero-order chi connectivity index (χ0) is 21.4. The van der Waals surface area contributed by atoms with Crippen LogP contribution in [-0.4, -0.2) is 42.3 Å². The summed E-state index contributed by atoms with van der Waals surface area (Å²) in [7, 11) is 1.27. The maximum atomic E-state index is 12.1. The largest absolute Gasteiger partial charge is 0.490 e. The second kappa shape index (κ2) is 9.98. The molecular formula is C20H20N2O7. The molecule has 0 unspecified atom stereocenters. The fourth-order valence-electron chi connectivity index (χ4n) is 2.56. The highest BCUT2D eigenvalue weighted by atomic mass is 16.6. The third-order valence-corrected chi connectivity index (χ3v) is 4.05. The van der Waals surface area contributed by atoms with Crippen LogP contribution >= 0.6 is 0 Å². The maximum Gasteiger partial charge on any atom is 0.338 e. The van der Waals surface area contributed by atoms with Gasteiger partial charge in [-0.15, -0.1) is 0 Å². The highest BCUT2D eigenvalue weighted by Gasteiger charge is 2.21. The number of carbonyl (C=O) groups is 3. The zero-order valence-electron chi connectivity index (χ0n) is 15.9. The van der Waals surface area contributed by atoms with E-state index in [0.717, 1.165) is 11.6 Å². The van der Waals surface area contributed by atoms with E-state index in [1.165, 1.54) is 26.2 Å². The number of hydrogen-bond acceptors (Lipinski definition) is 7. The molecule has 0 saturated heterocycles. The molecule has 1 amide bonds. The van der Waals surface area contributed by atoms with E-state index >= 15 is 0 Å². The Morgan fingerprint density at radius 2 is 1.83 bits per heavy atom. The fraction of sp³-hybridized carbons (Fsp3) is 0.250. The number of hydrogen-bond donors (Lipinski definition) is 1. The quantitative estimate of drug-likeness (QED) is 0.388. The molecule has 1 atom stereocenters. The molecule has 0 aromatic heterocycles. The van der Waals surface area contributed by atoms with E-state index in [0.29, 0.717) is 6.42 Å². The number of rotatable bonds is 9. The van der Waals surface area contributed by atoms with E-state index in [1.807, 2.05) is 30.3 Å². The van der Waals surface area contributed by atoms with Crippen molar-refractivity contribution in [3.63, 3.8) is 0 Å². The van der Waals surface area contributed by atoms with E-state index in [4.69, 9.17) is 9.47 Å². The number of esters is 1. The number of carbonyl (C=O) groups excluding carboxylic acids is 3. The van der Waals surface area contributed by atoms with E-state index < -0.39 is 35.1 Å². The first kappa shape index (κ1) is 21.5. The Bertz CT molecular complexity index is 912. The molecule has 9 heteroatoms. The molecular weight excluding hydrogens is 380 g/mol. The molecule has 0 fully saturated rings. The molecule has 0 radical (unpaired) electrons. The molecule has 0 aliphatic heterocycles. The lowest BCUT2D eigenvalue weighted by Crippen LogP contribution is -2.43. The van der Waals surface area contributed by atoms with Gasteiger partial charge >= 0.3 is 11.7 Å². The number of ether oxygens (including phenoxy) is 2. The lowest BCUT2D eigenvalue weighted by molar-refractivity contribution is -0.385. The van der Waals surface area contributed by atoms with Crippen molar-refractivity contribution in [2.45, 2.75) is 19.4 Å². The first-order chi connectivity index (χ1) is 13.8. The van der Waals surface area contributed by atoms with Crippen molar-refractivity contribution in [2.75, 3.05) is 13.7 Å². The SMILES string of the molecule is COc1ccc(C(=O)OCC(=O)N[C@H](Cc2ccccc2)C(C)=O)cc1[N+](=O)[O-]. The van der Waals surface area contributed by atoms with Crippen LogP contribution in [0.25, 0.3) is 0 Å². The summed E-state index contributed by atoms with van der Waals surface area (Å²) in [4.78, 5) is 46.3. The summed E-state index contributed by atoms with van der Waals surface area (Å²) in [5.41, 5.74) is 0.374. The number of nitro groups is 1. The van der Waals surface area contributed by atoms with Gasteiger partial charge in [-0.2, -0.15) is 0 Å². The van der Waals surface area contributed by atoms with Gasteiger partial charge in [0.05, 0.1) is 23.6 Å². The maximum absolute atomic E-state index is 12.1. The third-order valence-electron chi connectivity index (χ3n) is 4.05. The topological polar surface area (TPSA) is 125 Å². The average molecular weight is 400 g/mol. The number of benzene rings is 2. The Morgan fingerprint density at radius 3 is 2.41 bits per heavy atom. The number of nitrogens with one attached hydrogen (secondary N) is 1. The summed E-state index contributed by atoms with van der Waals surface area (Å²) in [6.07, 6.45) is 0.306. The molecule has 2 aromatic carbocycles. The molecule has 2 aromatic rings. The predicted octanol–water partition coefficient (Wildman–Crippen LogP) is 2.08. The van der Waals surface area contributed by atoms with Crippen LogP contribution in [0.5, 0.6) is 5.75 Å². The second-order valence-electron chi connectivity index (χ2n) is 6.14. The molecule has 0 heterocycles. The standard InChI is InChI=1S/C20H20N2O7/c1-13(23)16(10-14-6-4-3-5-7-14)21-19(24)12-29-20(25)15-8-9-18(28-2)17(11-15)22(26)27/h3-9,11,16H,10,12H2,1-2H3,(H,21,24)/t16-/m1/s1. The van der Waals surface area contributed by atoms with Crippen molar-refractivity contribution in [3.8, 4) is 5.75 Å². The number of ketones is 1. The van der Waals surface area contributed by atoms with Gasteiger partial charge in [0.15, 0.2) is 18.1 Å². The van der Waals surface area contributed by atoms with Crippen molar-refractivity contribution < 1.29 is 28.8 Å². The molecule has 9 nitrogen and oxygen atoms in total. The third kappa shape index (κ3) is 6.13. The lowest BCUT2D eigenvalue weighted by atomic mass is 10.0. The van der Waals surface area contributed by atoms with Crippen LogP contribution in [0, 0.1) is 10.1 Å². The first-order valence-electron chi connectivity index (χ1n) is 8.65. The molecule has 0 aliphatic rings. The number of Topliss-reactive ketones (excluding diaryl/α,β-unsaturated/α-hetero) is 1.